The Morgan fingerprint density at radius 1 is 0.567 bits per heavy atom. The van der Waals surface area contributed by atoms with Gasteiger partial charge in [0.1, 0.15) is 16.1 Å². The molecule has 0 atom stereocenters. The van der Waals surface area contributed by atoms with Crippen molar-refractivity contribution in [1.82, 2.24) is 0 Å². The summed E-state index contributed by atoms with van der Waals surface area (Å²) >= 11 is 0. The van der Waals surface area contributed by atoms with E-state index in [0.717, 1.165) is 36.8 Å². The van der Waals surface area contributed by atoms with Crippen LogP contribution in [0.25, 0.3) is 0 Å². The van der Waals surface area contributed by atoms with Crippen LogP contribution in [0.1, 0.15) is 35.1 Å². The van der Waals surface area contributed by atoms with Gasteiger partial charge < -0.3 is 0 Å². The van der Waals surface area contributed by atoms with Gasteiger partial charge in [0.05, 0.1) is 0 Å². The summed E-state index contributed by atoms with van der Waals surface area (Å²) in [6, 6.07) is 16.9. The first-order valence-electron chi connectivity index (χ1n) is 10.8. The zero-order chi connectivity index (χ0) is 22.0. The molecule has 0 saturated carbocycles. The van der Waals surface area contributed by atoms with Crippen molar-refractivity contribution in [3.05, 3.63) is 70.8 Å². The summed E-state index contributed by atoms with van der Waals surface area (Å²) in [6.45, 7) is 13.7. The highest BCUT2D eigenvalue weighted by Crippen LogP contribution is 2.13. The first kappa shape index (κ1) is 23.8. The van der Waals surface area contributed by atoms with Crippen LogP contribution in [0.3, 0.4) is 0 Å². The normalized spacial score (nSPS) is 10.7. The van der Waals surface area contributed by atoms with E-state index in [-0.39, 0.29) is 0 Å². The van der Waals surface area contributed by atoms with Crippen molar-refractivity contribution in [3.8, 4) is 34.8 Å². The van der Waals surface area contributed by atoms with Gasteiger partial charge in [0.25, 0.3) is 0 Å². The predicted molar refractivity (Wildman–Crippen MR) is 138 cm³/mol. The highest BCUT2D eigenvalue weighted by Gasteiger charge is 2.08. The molecule has 0 aliphatic heterocycles. The van der Waals surface area contributed by atoms with Gasteiger partial charge >= 0.3 is 0 Å². The molecule has 30 heavy (non-hydrogen) atoms. The molecule has 0 N–H and O–H groups in total. The second kappa shape index (κ2) is 11.1. The number of benzene rings is 2. The van der Waals surface area contributed by atoms with E-state index in [9.17, 15) is 0 Å². The third kappa shape index (κ3) is 9.37. The van der Waals surface area contributed by atoms with E-state index in [0.29, 0.717) is 0 Å². The van der Waals surface area contributed by atoms with E-state index in [2.05, 4.69) is 123 Å². The lowest BCUT2D eigenvalue weighted by atomic mass is 10.0. The molecule has 0 nitrogen and oxygen atoms in total. The molecule has 0 radical (unpaired) electrons. The summed E-state index contributed by atoms with van der Waals surface area (Å²) < 4.78 is 0. The molecule has 2 rings (SSSR count). The van der Waals surface area contributed by atoms with Crippen LogP contribution < -0.4 is 0 Å². The molecule has 154 valence electrons. The summed E-state index contributed by atoms with van der Waals surface area (Å²) in [4.78, 5) is 0. The molecule has 0 amide bonds. The number of hydrogen-bond acceptors (Lipinski definition) is 0. The maximum Gasteiger partial charge on any atom is 0.129 e. The fourth-order valence-corrected chi connectivity index (χ4v) is 4.22. The van der Waals surface area contributed by atoms with Crippen molar-refractivity contribution in [2.45, 2.75) is 65.0 Å². The molecule has 0 spiro atoms. The van der Waals surface area contributed by atoms with Gasteiger partial charge in [-0.2, -0.15) is 0 Å². The summed E-state index contributed by atoms with van der Waals surface area (Å²) in [7, 11) is -2.59. The van der Waals surface area contributed by atoms with Gasteiger partial charge in [0.15, 0.2) is 0 Å². The zero-order valence-electron chi connectivity index (χ0n) is 19.4. The van der Waals surface area contributed by atoms with Gasteiger partial charge in [-0.05, 0) is 36.1 Å². The van der Waals surface area contributed by atoms with Crippen LogP contribution in [0.15, 0.2) is 48.5 Å². The van der Waals surface area contributed by atoms with Gasteiger partial charge in [-0.25, -0.2) is 0 Å². The summed E-state index contributed by atoms with van der Waals surface area (Å²) in [5.74, 6) is 13.6. The Balaban J connectivity index is 2.14. The highest BCUT2D eigenvalue weighted by atomic mass is 28.3. The van der Waals surface area contributed by atoms with Gasteiger partial charge in [0.2, 0.25) is 0 Å². The minimum absolute atomic E-state index is 0.898. The maximum absolute atomic E-state index is 3.45. The molecule has 0 fully saturated rings. The van der Waals surface area contributed by atoms with E-state index >= 15 is 0 Å². The van der Waals surface area contributed by atoms with Gasteiger partial charge in [-0.3, -0.25) is 0 Å². The smallest absolute Gasteiger partial charge is 0.129 e. The van der Waals surface area contributed by atoms with E-state index in [1.807, 2.05) is 0 Å². The predicted octanol–water partition coefficient (Wildman–Crippen LogP) is 6.71. The van der Waals surface area contributed by atoms with Crippen molar-refractivity contribution in [1.29, 1.82) is 0 Å². The molecule has 2 aromatic rings. The average molecular weight is 427 g/mol. The molecular formula is C28H34Si2. The fourth-order valence-electron chi connectivity index (χ4n) is 2.90. The van der Waals surface area contributed by atoms with Crippen molar-refractivity contribution >= 4 is 16.1 Å². The van der Waals surface area contributed by atoms with Crippen molar-refractivity contribution in [2.24, 2.45) is 0 Å². The number of aryl methyl sites for hydroxylation is 2. The quantitative estimate of drug-likeness (QED) is 0.376. The summed E-state index contributed by atoms with van der Waals surface area (Å²) in [5.41, 5.74) is 11.7. The molecule has 0 aliphatic rings. The Morgan fingerprint density at radius 2 is 0.933 bits per heavy atom. The van der Waals surface area contributed by atoms with Crippen molar-refractivity contribution in [2.75, 3.05) is 0 Å². The molecule has 0 aliphatic carbocycles. The maximum atomic E-state index is 3.45. The second-order valence-corrected chi connectivity index (χ2v) is 19.2. The standard InChI is InChI=1S/C28H34Si2/c1-29(2,3)23-13-11-19-25-15-7-9-17-27(25)21-22-28-18-10-8-16-26(28)20-12-14-24-30(4,5)6/h7-10,15-18H,11-12,19-20H2,1-6H3. The largest absolute Gasteiger partial charge is 0.132 e. The van der Waals surface area contributed by atoms with E-state index in [1.54, 1.807) is 0 Å². The molecule has 2 aromatic carbocycles. The first-order valence-corrected chi connectivity index (χ1v) is 17.8. The van der Waals surface area contributed by atoms with Crippen molar-refractivity contribution < 1.29 is 0 Å². The topological polar surface area (TPSA) is 0 Å². The van der Waals surface area contributed by atoms with Gasteiger partial charge in [-0.15, -0.1) is 22.9 Å². The second-order valence-electron chi connectivity index (χ2n) is 9.67. The van der Waals surface area contributed by atoms with Crippen LogP contribution in [-0.4, -0.2) is 16.1 Å². The monoisotopic (exact) mass is 426 g/mol. The van der Waals surface area contributed by atoms with Crippen LogP contribution in [0.2, 0.25) is 39.3 Å². The van der Waals surface area contributed by atoms with Crippen LogP contribution in [0, 0.1) is 34.8 Å². The molecule has 0 unspecified atom stereocenters. The SMILES string of the molecule is C[Si](C)(C)C#CCCc1ccccc1C#Cc1ccccc1CCC#C[Si](C)(C)C. The number of hydrogen-bond donors (Lipinski definition) is 0. The average Bonchev–Trinajstić information content (AvgIpc) is 2.67. The minimum Gasteiger partial charge on any atom is -0.132 e. The fraction of sp³-hybridized carbons (Fsp3) is 0.357. The molecule has 2 heteroatoms. The third-order valence-electron chi connectivity index (χ3n) is 4.33. The minimum atomic E-state index is -1.30. The highest BCUT2D eigenvalue weighted by molar-refractivity contribution is 6.84. The van der Waals surface area contributed by atoms with Crippen LogP contribution >= 0.6 is 0 Å². The lowest BCUT2D eigenvalue weighted by Gasteiger charge is -2.05. The zero-order valence-corrected chi connectivity index (χ0v) is 21.4. The number of rotatable bonds is 4. The first-order chi connectivity index (χ1) is 14.1. The van der Waals surface area contributed by atoms with Gasteiger partial charge in [0, 0.05) is 24.0 Å². The van der Waals surface area contributed by atoms with Crippen LogP contribution in [0.4, 0.5) is 0 Å². The molecule has 0 saturated heterocycles. The van der Waals surface area contributed by atoms with E-state index < -0.39 is 16.1 Å². The van der Waals surface area contributed by atoms with Gasteiger partial charge in [-0.1, -0.05) is 87.5 Å². The Hall–Kier alpha value is -2.45. The Morgan fingerprint density at radius 3 is 1.30 bits per heavy atom. The lowest BCUT2D eigenvalue weighted by molar-refractivity contribution is 1.02. The van der Waals surface area contributed by atoms with E-state index in [1.165, 1.54) is 11.1 Å². The van der Waals surface area contributed by atoms with E-state index in [4.69, 9.17) is 0 Å². The Labute approximate surface area is 186 Å². The molecule has 0 aromatic heterocycles. The summed E-state index contributed by atoms with van der Waals surface area (Å²) in [5, 5.41) is 0. The Kier molecular flexibility index (Phi) is 8.80. The van der Waals surface area contributed by atoms with Crippen LogP contribution in [0.5, 0.6) is 0 Å². The lowest BCUT2D eigenvalue weighted by Crippen LogP contribution is -2.16. The van der Waals surface area contributed by atoms with Crippen LogP contribution in [-0.2, 0) is 12.8 Å². The molecule has 0 heterocycles. The Bertz CT molecular complexity index is 946. The summed E-state index contributed by atoms with van der Waals surface area (Å²) in [6.07, 6.45) is 3.71. The molecule has 0 bridgehead atoms. The van der Waals surface area contributed by atoms with Crippen molar-refractivity contribution in [3.63, 3.8) is 0 Å². The molecular weight excluding hydrogens is 392 g/mol. The third-order valence-corrected chi connectivity index (χ3v) is 6.19.